The molecule has 1 unspecified atom stereocenters. The van der Waals surface area contributed by atoms with Gasteiger partial charge in [0.25, 0.3) is 10.0 Å². The van der Waals surface area contributed by atoms with E-state index in [0.717, 1.165) is 27.5 Å². The molecule has 4 rings (SSSR count). The molecule has 3 aromatic rings. The number of halogens is 1. The predicted molar refractivity (Wildman–Crippen MR) is 124 cm³/mol. The van der Waals surface area contributed by atoms with Crippen molar-refractivity contribution in [3.63, 3.8) is 0 Å². The van der Waals surface area contributed by atoms with E-state index in [9.17, 15) is 13.2 Å². The van der Waals surface area contributed by atoms with E-state index in [1.54, 1.807) is 53.4 Å². The van der Waals surface area contributed by atoms with Crippen molar-refractivity contribution in [2.24, 2.45) is 0 Å². The molecular formula is C24H23ClN2O3S. The first-order chi connectivity index (χ1) is 14.8. The van der Waals surface area contributed by atoms with E-state index in [1.165, 1.54) is 0 Å². The maximum absolute atomic E-state index is 13.5. The normalized spacial score (nSPS) is 15.6. The van der Waals surface area contributed by atoms with Crippen LogP contribution in [-0.2, 0) is 21.2 Å². The maximum atomic E-state index is 13.5. The van der Waals surface area contributed by atoms with Gasteiger partial charge < -0.3 is 4.90 Å². The average Bonchev–Trinajstić information content (AvgIpc) is 3.08. The monoisotopic (exact) mass is 454 g/mol. The number of carbonyl (C=O) groups excluding carboxylic acids is 1. The molecule has 0 aliphatic carbocycles. The van der Waals surface area contributed by atoms with Crippen molar-refractivity contribution in [3.05, 3.63) is 88.9 Å². The highest BCUT2D eigenvalue weighted by Crippen LogP contribution is 2.33. The fourth-order valence-electron chi connectivity index (χ4n) is 3.90. The van der Waals surface area contributed by atoms with Crippen molar-refractivity contribution >= 4 is 38.9 Å². The van der Waals surface area contributed by atoms with Gasteiger partial charge in [-0.25, -0.2) is 8.42 Å². The number of nitrogens with zero attached hydrogens (tertiary/aromatic N) is 2. The number of carbonyl (C=O) groups is 1. The highest BCUT2D eigenvalue weighted by Gasteiger charge is 2.34. The summed E-state index contributed by atoms with van der Waals surface area (Å²) in [5, 5.41) is 0.491. The Morgan fingerprint density at radius 1 is 1.03 bits per heavy atom. The summed E-state index contributed by atoms with van der Waals surface area (Å²) in [6.45, 7) is 3.55. The molecule has 1 aliphatic heterocycles. The lowest BCUT2D eigenvalue weighted by atomic mass is 10.1. The van der Waals surface area contributed by atoms with E-state index in [0.29, 0.717) is 10.7 Å². The van der Waals surface area contributed by atoms with Crippen molar-refractivity contribution < 1.29 is 13.2 Å². The number of fused-ring (bicyclic) bond motifs is 1. The SMILES string of the molecule is Cc1ccc(S(=O)(=O)N(CC(=O)N2c3ccccc3CC2C)c2ccc(Cl)cc2)cc1. The van der Waals surface area contributed by atoms with Gasteiger partial charge in [-0.15, -0.1) is 0 Å². The molecule has 1 atom stereocenters. The van der Waals surface area contributed by atoms with Gasteiger partial charge in [0.05, 0.1) is 10.6 Å². The third kappa shape index (κ3) is 4.18. The second-order valence-corrected chi connectivity index (χ2v) is 10.0. The topological polar surface area (TPSA) is 57.7 Å². The van der Waals surface area contributed by atoms with Gasteiger partial charge in [0.15, 0.2) is 0 Å². The third-order valence-electron chi connectivity index (χ3n) is 5.48. The van der Waals surface area contributed by atoms with Crippen LogP contribution in [0.4, 0.5) is 11.4 Å². The van der Waals surface area contributed by atoms with Gasteiger partial charge in [0, 0.05) is 16.8 Å². The summed E-state index contributed by atoms with van der Waals surface area (Å²) in [7, 11) is -3.96. The standard InChI is InChI=1S/C24H23ClN2O3S/c1-17-7-13-22(14-8-17)31(29,30)26(21-11-9-20(25)10-12-21)16-24(28)27-18(2)15-19-5-3-4-6-23(19)27/h3-14,18H,15-16H2,1-2H3. The zero-order valence-electron chi connectivity index (χ0n) is 17.3. The lowest BCUT2D eigenvalue weighted by Crippen LogP contribution is -2.45. The molecule has 0 saturated heterocycles. The number of anilines is 2. The number of hydrogen-bond donors (Lipinski definition) is 0. The fourth-order valence-corrected chi connectivity index (χ4v) is 5.44. The van der Waals surface area contributed by atoms with Crippen LogP contribution >= 0.6 is 11.6 Å². The highest BCUT2D eigenvalue weighted by molar-refractivity contribution is 7.92. The quantitative estimate of drug-likeness (QED) is 0.555. The van der Waals surface area contributed by atoms with E-state index in [2.05, 4.69) is 0 Å². The number of benzene rings is 3. The van der Waals surface area contributed by atoms with Crippen LogP contribution < -0.4 is 9.21 Å². The molecule has 3 aromatic carbocycles. The molecule has 1 heterocycles. The van der Waals surface area contributed by atoms with Crippen molar-refractivity contribution in [1.29, 1.82) is 0 Å². The first-order valence-electron chi connectivity index (χ1n) is 10.0. The average molecular weight is 455 g/mol. The Kier molecular flexibility index (Phi) is 5.77. The maximum Gasteiger partial charge on any atom is 0.264 e. The fraction of sp³-hybridized carbons (Fsp3) is 0.208. The Labute approximate surface area is 187 Å². The number of aryl methyl sites for hydroxylation is 1. The second kappa shape index (κ2) is 8.36. The van der Waals surface area contributed by atoms with E-state index in [-0.39, 0.29) is 23.4 Å². The van der Waals surface area contributed by atoms with Crippen LogP contribution in [0.3, 0.4) is 0 Å². The predicted octanol–water partition coefficient (Wildman–Crippen LogP) is 4.82. The molecule has 0 radical (unpaired) electrons. The van der Waals surface area contributed by atoms with Gasteiger partial charge in [-0.2, -0.15) is 0 Å². The van der Waals surface area contributed by atoms with E-state index in [1.807, 2.05) is 38.1 Å². The number of para-hydroxylation sites is 1. The van der Waals surface area contributed by atoms with Crippen LogP contribution in [0.15, 0.2) is 77.7 Å². The highest BCUT2D eigenvalue weighted by atomic mass is 35.5. The minimum absolute atomic E-state index is 0.0425. The van der Waals surface area contributed by atoms with Crippen molar-refractivity contribution in [2.45, 2.75) is 31.2 Å². The second-order valence-electron chi connectivity index (χ2n) is 7.75. The van der Waals surface area contributed by atoms with Gasteiger partial charge in [-0.05, 0) is 68.3 Å². The van der Waals surface area contributed by atoms with Crippen LogP contribution in [0.5, 0.6) is 0 Å². The summed E-state index contributed by atoms with van der Waals surface area (Å²) in [5.74, 6) is -0.275. The van der Waals surface area contributed by atoms with Crippen molar-refractivity contribution in [2.75, 3.05) is 15.7 Å². The summed E-state index contributed by atoms with van der Waals surface area (Å²) in [6, 6.07) is 20.8. The minimum Gasteiger partial charge on any atom is -0.307 e. The summed E-state index contributed by atoms with van der Waals surface area (Å²) >= 11 is 6.01. The van der Waals surface area contributed by atoms with Gasteiger partial charge in [-0.1, -0.05) is 47.5 Å². The largest absolute Gasteiger partial charge is 0.307 e. The zero-order chi connectivity index (χ0) is 22.2. The van der Waals surface area contributed by atoms with Crippen LogP contribution in [0, 0.1) is 6.92 Å². The zero-order valence-corrected chi connectivity index (χ0v) is 18.9. The molecule has 160 valence electrons. The Bertz CT molecular complexity index is 1210. The van der Waals surface area contributed by atoms with Gasteiger partial charge in [-0.3, -0.25) is 9.10 Å². The molecule has 0 bridgehead atoms. The van der Waals surface area contributed by atoms with E-state index >= 15 is 0 Å². The Morgan fingerprint density at radius 2 is 1.68 bits per heavy atom. The van der Waals surface area contributed by atoms with Crippen LogP contribution in [0.1, 0.15) is 18.1 Å². The smallest absolute Gasteiger partial charge is 0.264 e. The summed E-state index contributed by atoms with van der Waals surface area (Å²) in [4.78, 5) is 15.2. The van der Waals surface area contributed by atoms with Gasteiger partial charge in [0.2, 0.25) is 5.91 Å². The molecule has 1 amide bonds. The molecule has 0 aromatic heterocycles. The summed E-state index contributed by atoms with van der Waals surface area (Å²) in [5.41, 5.74) is 3.26. The molecule has 7 heteroatoms. The Morgan fingerprint density at radius 3 is 2.35 bits per heavy atom. The molecule has 31 heavy (non-hydrogen) atoms. The van der Waals surface area contributed by atoms with Gasteiger partial charge >= 0.3 is 0 Å². The van der Waals surface area contributed by atoms with Crippen LogP contribution in [-0.4, -0.2) is 26.9 Å². The number of amides is 1. The molecular weight excluding hydrogens is 432 g/mol. The summed E-state index contributed by atoms with van der Waals surface area (Å²) in [6.07, 6.45) is 0.744. The lowest BCUT2D eigenvalue weighted by Gasteiger charge is -2.29. The van der Waals surface area contributed by atoms with Crippen LogP contribution in [0.25, 0.3) is 0 Å². The van der Waals surface area contributed by atoms with E-state index in [4.69, 9.17) is 11.6 Å². The first-order valence-corrected chi connectivity index (χ1v) is 11.8. The molecule has 5 nitrogen and oxygen atoms in total. The number of sulfonamides is 1. The first kappa shape index (κ1) is 21.4. The molecule has 0 N–H and O–H groups in total. The van der Waals surface area contributed by atoms with Crippen molar-refractivity contribution in [3.8, 4) is 0 Å². The Hall–Kier alpha value is -2.83. The summed E-state index contributed by atoms with van der Waals surface area (Å²) < 4.78 is 28.2. The van der Waals surface area contributed by atoms with Crippen LogP contribution in [0.2, 0.25) is 5.02 Å². The number of rotatable bonds is 5. The van der Waals surface area contributed by atoms with Gasteiger partial charge in [0.1, 0.15) is 6.54 Å². The molecule has 0 saturated carbocycles. The van der Waals surface area contributed by atoms with E-state index < -0.39 is 10.0 Å². The minimum atomic E-state index is -3.96. The molecule has 0 spiro atoms. The molecule has 0 fully saturated rings. The Balaban J connectivity index is 1.72. The third-order valence-corrected chi connectivity index (χ3v) is 7.52. The lowest BCUT2D eigenvalue weighted by molar-refractivity contribution is -0.117. The molecule has 1 aliphatic rings. The van der Waals surface area contributed by atoms with Crippen molar-refractivity contribution in [1.82, 2.24) is 0 Å². The number of hydrogen-bond acceptors (Lipinski definition) is 3.